The minimum Gasteiger partial charge on any atom is -0.441 e. The van der Waals surface area contributed by atoms with Crippen LogP contribution < -0.4 is 16.0 Å². The lowest BCUT2D eigenvalue weighted by molar-refractivity contribution is -0.132. The van der Waals surface area contributed by atoms with Crippen molar-refractivity contribution in [2.45, 2.75) is 26.7 Å². The first-order valence-electron chi connectivity index (χ1n) is 16.9. The second kappa shape index (κ2) is 14.9. The molecule has 2 aliphatic rings. The molecule has 12 heteroatoms. The Balaban J connectivity index is 1.05. The number of oxazole rings is 1. The lowest BCUT2D eigenvalue weighted by Gasteiger charge is -2.29. The van der Waals surface area contributed by atoms with E-state index >= 15 is 0 Å². The van der Waals surface area contributed by atoms with Gasteiger partial charge < -0.3 is 25.3 Å². The largest absolute Gasteiger partial charge is 0.441 e. The van der Waals surface area contributed by atoms with Crippen molar-refractivity contribution in [3.63, 3.8) is 0 Å². The van der Waals surface area contributed by atoms with Gasteiger partial charge in [-0.1, -0.05) is 30.3 Å². The minimum absolute atomic E-state index is 0.00438. The van der Waals surface area contributed by atoms with Crippen LogP contribution in [0.5, 0.6) is 0 Å². The Morgan fingerprint density at radius 1 is 1.10 bits per heavy atom. The Morgan fingerprint density at radius 2 is 1.88 bits per heavy atom. The first kappa shape index (κ1) is 34.3. The highest BCUT2D eigenvalue weighted by molar-refractivity contribution is 6.15. The fourth-order valence-electron chi connectivity index (χ4n) is 6.64. The highest BCUT2D eigenvalue weighted by Crippen LogP contribution is 2.29. The summed E-state index contributed by atoms with van der Waals surface area (Å²) in [6, 6.07) is 18.6. The molecule has 2 amide bonds. The minimum atomic E-state index is -0.234. The summed E-state index contributed by atoms with van der Waals surface area (Å²) in [5, 5.41) is 19.8. The van der Waals surface area contributed by atoms with E-state index in [0.717, 1.165) is 17.5 Å². The van der Waals surface area contributed by atoms with Crippen LogP contribution in [-0.4, -0.2) is 90.8 Å². The molecule has 1 aromatic heterocycles. The van der Waals surface area contributed by atoms with E-state index in [-0.39, 0.29) is 35.8 Å². The number of hydrogen-bond donors (Lipinski definition) is 4. The quantitative estimate of drug-likeness (QED) is 0.108. The number of aliphatic imine (C=N–C) groups is 1. The van der Waals surface area contributed by atoms with Crippen LogP contribution in [-0.2, 0) is 9.59 Å². The first-order valence-corrected chi connectivity index (χ1v) is 16.9. The van der Waals surface area contributed by atoms with Gasteiger partial charge in [0.1, 0.15) is 5.52 Å². The molecule has 0 radical (unpaired) electrons. The predicted molar refractivity (Wildman–Crippen MR) is 198 cm³/mol. The number of fused-ring (bicyclic) bond motifs is 1. The number of benzene rings is 3. The number of carbonyl (C=O) groups excluding carboxylic acids is 2. The second-order valence-corrected chi connectivity index (χ2v) is 12.7. The van der Waals surface area contributed by atoms with Gasteiger partial charge in [-0.05, 0) is 73.8 Å². The zero-order chi connectivity index (χ0) is 35.4. The number of nitrogens with zero attached hydrogens (tertiary/aromatic N) is 5. The fourth-order valence-corrected chi connectivity index (χ4v) is 6.64. The number of hydrogen-bond acceptors (Lipinski definition) is 8. The molecule has 1 atom stereocenters. The Bertz CT molecular complexity index is 2000. The summed E-state index contributed by atoms with van der Waals surface area (Å²) in [4.78, 5) is 41.3. The van der Waals surface area contributed by atoms with Crippen molar-refractivity contribution < 1.29 is 14.0 Å². The average molecular weight is 674 g/mol. The van der Waals surface area contributed by atoms with Crippen LogP contribution in [0.3, 0.4) is 0 Å². The second-order valence-electron chi connectivity index (χ2n) is 12.7. The number of rotatable bonds is 10. The van der Waals surface area contributed by atoms with Crippen LogP contribution in [0, 0.1) is 23.7 Å². The van der Waals surface area contributed by atoms with Crippen LogP contribution in [0.4, 0.5) is 11.4 Å². The molecule has 0 bridgehead atoms. The number of likely N-dealkylation sites (tertiary alicyclic amines) is 1. The van der Waals surface area contributed by atoms with Gasteiger partial charge in [0, 0.05) is 68.2 Å². The van der Waals surface area contributed by atoms with Crippen molar-refractivity contribution in [3.05, 3.63) is 94.9 Å². The average Bonchev–Trinajstić information content (AvgIpc) is 3.76. The van der Waals surface area contributed by atoms with E-state index in [0.29, 0.717) is 78.6 Å². The summed E-state index contributed by atoms with van der Waals surface area (Å²) in [5.74, 6) is 0.585. The standard InChI is InChI=1S/C38H43N9O3/c1-4-47(30-10-11-32(39)31(20-30)36(40)28-9-12-34-33(19-28)44-24(2)50-34)38(49)29-13-16-45(21-29)22-35(48)46-17-14-26(15-18-46)25-5-7-27(8-6-25)37(41)43-23-42-3/h5-12,14,19-20,23,29,40H,4,13,15-18,21-22,39H2,1-3H3,(H2,41,42,43)/t29-/m1/s1. The van der Waals surface area contributed by atoms with E-state index in [9.17, 15) is 9.59 Å². The topological polar surface area (TPSA) is 168 Å². The maximum absolute atomic E-state index is 13.8. The van der Waals surface area contributed by atoms with Gasteiger partial charge in [0.15, 0.2) is 17.3 Å². The van der Waals surface area contributed by atoms with Crippen LogP contribution in [0.2, 0.25) is 0 Å². The molecule has 258 valence electrons. The molecule has 1 saturated heterocycles. The maximum atomic E-state index is 13.8. The number of carbonyl (C=O) groups is 2. The molecular formula is C38H43N9O3. The molecule has 6 rings (SSSR count). The van der Waals surface area contributed by atoms with E-state index in [1.165, 1.54) is 11.9 Å². The van der Waals surface area contributed by atoms with Crippen molar-refractivity contribution >= 4 is 57.7 Å². The zero-order valence-corrected chi connectivity index (χ0v) is 28.7. The molecule has 3 aromatic carbocycles. The van der Waals surface area contributed by atoms with Gasteiger partial charge >= 0.3 is 0 Å². The van der Waals surface area contributed by atoms with E-state index in [2.05, 4.69) is 26.3 Å². The smallest absolute Gasteiger partial charge is 0.237 e. The monoisotopic (exact) mass is 673 g/mol. The molecule has 0 saturated carbocycles. The number of nitrogen functional groups attached to an aromatic ring is 1. The summed E-state index contributed by atoms with van der Waals surface area (Å²) in [6.07, 6.45) is 5.02. The van der Waals surface area contributed by atoms with E-state index < -0.39 is 0 Å². The number of amides is 2. The molecule has 4 aromatic rings. The molecule has 0 spiro atoms. The van der Waals surface area contributed by atoms with E-state index in [1.807, 2.05) is 60.4 Å². The zero-order valence-electron chi connectivity index (χ0n) is 28.7. The van der Waals surface area contributed by atoms with E-state index in [4.69, 9.17) is 21.0 Å². The summed E-state index contributed by atoms with van der Waals surface area (Å²) in [6.45, 7) is 6.84. The fraction of sp³-hybridized carbons (Fsp3) is 0.316. The number of anilines is 2. The van der Waals surface area contributed by atoms with E-state index in [1.54, 1.807) is 31.0 Å². The van der Waals surface area contributed by atoms with Gasteiger partial charge in [0.05, 0.1) is 24.5 Å². The van der Waals surface area contributed by atoms with Gasteiger partial charge in [-0.25, -0.2) is 9.98 Å². The number of aryl methyl sites for hydroxylation is 1. The molecule has 0 unspecified atom stereocenters. The van der Waals surface area contributed by atoms with Crippen LogP contribution in [0.25, 0.3) is 16.7 Å². The van der Waals surface area contributed by atoms with Crippen molar-refractivity contribution in [2.75, 3.05) is 56.9 Å². The first-order chi connectivity index (χ1) is 24.1. The summed E-state index contributed by atoms with van der Waals surface area (Å²) in [5.41, 5.74) is 13.3. The predicted octanol–water partition coefficient (Wildman–Crippen LogP) is 4.70. The Hall–Kier alpha value is -5.62. The van der Waals surface area contributed by atoms with Crippen LogP contribution in [0.15, 0.2) is 76.1 Å². The summed E-state index contributed by atoms with van der Waals surface area (Å²) < 4.78 is 5.58. The van der Waals surface area contributed by atoms with Crippen molar-refractivity contribution in [1.82, 2.24) is 20.1 Å². The third-order valence-electron chi connectivity index (χ3n) is 9.38. The molecule has 3 heterocycles. The third kappa shape index (κ3) is 7.35. The third-order valence-corrected chi connectivity index (χ3v) is 9.38. The van der Waals surface area contributed by atoms with Gasteiger partial charge in [-0.3, -0.25) is 25.3 Å². The van der Waals surface area contributed by atoms with Crippen molar-refractivity contribution in [3.8, 4) is 0 Å². The summed E-state index contributed by atoms with van der Waals surface area (Å²) in [7, 11) is 1.74. The molecule has 0 aliphatic carbocycles. The lowest BCUT2D eigenvalue weighted by Crippen LogP contribution is -2.42. The number of amidine groups is 1. The summed E-state index contributed by atoms with van der Waals surface area (Å²) >= 11 is 0. The van der Waals surface area contributed by atoms with Gasteiger partial charge in [0.25, 0.3) is 0 Å². The lowest BCUT2D eigenvalue weighted by atomic mass is 9.98. The van der Waals surface area contributed by atoms with Crippen molar-refractivity contribution in [1.29, 1.82) is 10.8 Å². The highest BCUT2D eigenvalue weighted by atomic mass is 16.3. The Morgan fingerprint density at radius 3 is 2.60 bits per heavy atom. The highest BCUT2D eigenvalue weighted by Gasteiger charge is 2.33. The number of aromatic nitrogens is 1. The Kier molecular flexibility index (Phi) is 10.2. The van der Waals surface area contributed by atoms with Crippen LogP contribution in [0.1, 0.15) is 47.9 Å². The molecule has 5 N–H and O–H groups in total. The van der Waals surface area contributed by atoms with Crippen molar-refractivity contribution in [2.24, 2.45) is 10.9 Å². The molecule has 12 nitrogen and oxygen atoms in total. The van der Waals surface area contributed by atoms with Gasteiger partial charge in [-0.15, -0.1) is 0 Å². The molecule has 1 fully saturated rings. The number of nitrogens with two attached hydrogens (primary N) is 1. The molecule has 50 heavy (non-hydrogen) atoms. The van der Waals surface area contributed by atoms with Gasteiger partial charge in [-0.2, -0.15) is 0 Å². The Labute approximate surface area is 291 Å². The van der Waals surface area contributed by atoms with Crippen LogP contribution >= 0.6 is 0 Å². The molecular weight excluding hydrogens is 630 g/mol. The SMILES string of the molecule is CCN(C(=O)[C@@H]1CCN(CC(=O)N2CC=C(c3ccc(C(=N)/N=C\NC)cc3)CC2)C1)c1ccc(N)c(C(=N)c2ccc3oc(C)nc3c2)c1. The maximum Gasteiger partial charge on any atom is 0.237 e. The normalized spacial score (nSPS) is 16.5. The molecule has 2 aliphatic heterocycles. The van der Waals surface area contributed by atoms with Gasteiger partial charge in [0.2, 0.25) is 11.8 Å². The number of nitrogens with one attached hydrogen (secondary N) is 3.